The van der Waals surface area contributed by atoms with Crippen LogP contribution in [0.2, 0.25) is 0 Å². The van der Waals surface area contributed by atoms with Gasteiger partial charge in [0.1, 0.15) is 0 Å². The number of unbranched alkanes of at least 4 members (excludes halogenated alkanes) is 1. The summed E-state index contributed by atoms with van der Waals surface area (Å²) in [7, 11) is 0. The fourth-order valence-electron chi connectivity index (χ4n) is 0.954. The van der Waals surface area contributed by atoms with Crippen molar-refractivity contribution in [3.8, 4) is 0 Å². The average Bonchev–Trinajstić information content (AvgIpc) is 2.12. The molecule has 0 amide bonds. The summed E-state index contributed by atoms with van der Waals surface area (Å²) < 4.78 is 5.33. The lowest BCUT2D eigenvalue weighted by Crippen LogP contribution is -2.19. The quantitative estimate of drug-likeness (QED) is 0.606. The highest BCUT2D eigenvalue weighted by Gasteiger charge is 2.04. The van der Waals surface area contributed by atoms with Crippen molar-refractivity contribution in [2.45, 2.75) is 39.7 Å². The SMILES string of the molecule is CCCCOCC(O)CSCC(C)C. The van der Waals surface area contributed by atoms with Crippen LogP contribution in [0.3, 0.4) is 0 Å². The maximum absolute atomic E-state index is 9.52. The summed E-state index contributed by atoms with van der Waals surface area (Å²) in [5.74, 6) is 2.62. The number of thioether (sulfide) groups is 1. The Balaban J connectivity index is 3.15. The zero-order valence-electron chi connectivity index (χ0n) is 9.66. The van der Waals surface area contributed by atoms with Crippen LogP contribution in [0.1, 0.15) is 33.6 Å². The summed E-state index contributed by atoms with van der Waals surface area (Å²) in [5, 5.41) is 9.52. The highest BCUT2D eigenvalue weighted by Crippen LogP contribution is 2.09. The normalized spacial score (nSPS) is 13.5. The number of aliphatic hydroxyl groups excluding tert-OH is 1. The summed E-state index contributed by atoms with van der Waals surface area (Å²) in [5.41, 5.74) is 0. The summed E-state index contributed by atoms with van der Waals surface area (Å²) >= 11 is 1.80. The first kappa shape index (κ1) is 14.3. The highest BCUT2D eigenvalue weighted by molar-refractivity contribution is 7.99. The molecule has 0 aromatic heterocycles. The van der Waals surface area contributed by atoms with Crippen molar-refractivity contribution in [3.63, 3.8) is 0 Å². The van der Waals surface area contributed by atoms with Gasteiger partial charge in [-0.15, -0.1) is 0 Å². The zero-order valence-corrected chi connectivity index (χ0v) is 10.5. The fraction of sp³-hybridized carbons (Fsp3) is 1.00. The van der Waals surface area contributed by atoms with Gasteiger partial charge in [-0.25, -0.2) is 0 Å². The lowest BCUT2D eigenvalue weighted by molar-refractivity contribution is 0.0473. The van der Waals surface area contributed by atoms with Crippen molar-refractivity contribution < 1.29 is 9.84 Å². The maximum Gasteiger partial charge on any atom is 0.0863 e. The Hall–Kier alpha value is 0.270. The minimum Gasteiger partial charge on any atom is -0.390 e. The Morgan fingerprint density at radius 2 is 2.00 bits per heavy atom. The van der Waals surface area contributed by atoms with Gasteiger partial charge < -0.3 is 9.84 Å². The lowest BCUT2D eigenvalue weighted by atomic mass is 10.3. The maximum atomic E-state index is 9.52. The smallest absolute Gasteiger partial charge is 0.0863 e. The molecule has 0 heterocycles. The minimum absolute atomic E-state index is 0.296. The molecule has 0 aromatic carbocycles. The monoisotopic (exact) mass is 220 g/mol. The summed E-state index contributed by atoms with van der Waals surface area (Å²) in [6.07, 6.45) is 1.94. The summed E-state index contributed by atoms with van der Waals surface area (Å²) in [4.78, 5) is 0. The molecule has 0 aliphatic carbocycles. The van der Waals surface area contributed by atoms with E-state index >= 15 is 0 Å². The molecule has 0 radical (unpaired) electrons. The van der Waals surface area contributed by atoms with Gasteiger partial charge in [-0.2, -0.15) is 11.8 Å². The van der Waals surface area contributed by atoms with Gasteiger partial charge in [0.05, 0.1) is 12.7 Å². The van der Waals surface area contributed by atoms with Gasteiger partial charge in [-0.3, -0.25) is 0 Å². The van der Waals surface area contributed by atoms with Crippen molar-refractivity contribution in [1.82, 2.24) is 0 Å². The molecular formula is C11H24O2S. The zero-order chi connectivity index (χ0) is 10.8. The van der Waals surface area contributed by atoms with Crippen molar-refractivity contribution in [1.29, 1.82) is 0 Å². The van der Waals surface area contributed by atoms with Crippen LogP contribution in [-0.2, 0) is 4.74 Å². The first-order chi connectivity index (χ1) is 6.66. The van der Waals surface area contributed by atoms with Crippen LogP contribution in [0.25, 0.3) is 0 Å². The van der Waals surface area contributed by atoms with Gasteiger partial charge in [0, 0.05) is 12.4 Å². The van der Waals surface area contributed by atoms with Gasteiger partial charge in [0.2, 0.25) is 0 Å². The van der Waals surface area contributed by atoms with E-state index in [-0.39, 0.29) is 6.10 Å². The Morgan fingerprint density at radius 3 is 2.57 bits per heavy atom. The first-order valence-corrected chi connectivity index (χ1v) is 6.65. The first-order valence-electron chi connectivity index (χ1n) is 5.50. The second kappa shape index (κ2) is 9.81. The molecule has 2 nitrogen and oxygen atoms in total. The molecule has 1 N–H and O–H groups in total. The van der Waals surface area contributed by atoms with Crippen molar-refractivity contribution >= 4 is 11.8 Å². The molecule has 0 saturated carbocycles. The van der Waals surface area contributed by atoms with Crippen molar-refractivity contribution in [2.24, 2.45) is 5.92 Å². The third-order valence-electron chi connectivity index (χ3n) is 1.71. The predicted octanol–water partition coefficient (Wildman–Crippen LogP) is 2.55. The molecule has 86 valence electrons. The molecule has 0 spiro atoms. The number of hydrogen-bond acceptors (Lipinski definition) is 3. The van der Waals surface area contributed by atoms with E-state index in [2.05, 4.69) is 20.8 Å². The van der Waals surface area contributed by atoms with E-state index in [1.807, 2.05) is 0 Å². The molecule has 0 saturated heterocycles. The van der Waals surface area contributed by atoms with Crippen LogP contribution in [0.4, 0.5) is 0 Å². The van der Waals surface area contributed by atoms with Crippen molar-refractivity contribution in [2.75, 3.05) is 24.7 Å². The lowest BCUT2D eigenvalue weighted by Gasteiger charge is -2.11. The molecule has 0 aliphatic heterocycles. The number of hydrogen-bond donors (Lipinski definition) is 1. The van der Waals surface area contributed by atoms with Gasteiger partial charge in [0.25, 0.3) is 0 Å². The second-order valence-corrected chi connectivity index (χ2v) is 5.09. The van der Waals surface area contributed by atoms with E-state index in [1.165, 1.54) is 0 Å². The topological polar surface area (TPSA) is 29.5 Å². The fourth-order valence-corrected chi connectivity index (χ4v) is 1.93. The van der Waals surface area contributed by atoms with Crippen LogP contribution >= 0.6 is 11.8 Å². The Labute approximate surface area is 92.4 Å². The molecule has 0 aromatic rings. The van der Waals surface area contributed by atoms with Crippen LogP contribution in [0, 0.1) is 5.92 Å². The largest absolute Gasteiger partial charge is 0.390 e. The molecule has 0 fully saturated rings. The van der Waals surface area contributed by atoms with Gasteiger partial charge in [-0.05, 0) is 18.1 Å². The standard InChI is InChI=1S/C11H24O2S/c1-4-5-6-13-7-11(12)9-14-8-10(2)3/h10-12H,4-9H2,1-3H3. The third-order valence-corrected chi connectivity index (χ3v) is 3.24. The molecule has 0 rings (SSSR count). The van der Waals surface area contributed by atoms with Gasteiger partial charge in [-0.1, -0.05) is 27.2 Å². The Bertz CT molecular complexity index is 118. The van der Waals surface area contributed by atoms with Crippen LogP contribution in [0.15, 0.2) is 0 Å². The van der Waals surface area contributed by atoms with E-state index in [0.717, 1.165) is 31.0 Å². The molecule has 1 atom stereocenters. The Kier molecular flexibility index (Phi) is 10.0. The third kappa shape index (κ3) is 10.4. The van der Waals surface area contributed by atoms with E-state index in [0.29, 0.717) is 12.5 Å². The van der Waals surface area contributed by atoms with Crippen LogP contribution in [-0.4, -0.2) is 35.9 Å². The van der Waals surface area contributed by atoms with Crippen LogP contribution < -0.4 is 0 Å². The number of aliphatic hydroxyl groups is 1. The molecular weight excluding hydrogens is 196 g/mol. The number of rotatable bonds is 9. The molecule has 1 unspecified atom stereocenters. The predicted molar refractivity (Wildman–Crippen MR) is 63.9 cm³/mol. The van der Waals surface area contributed by atoms with Gasteiger partial charge in [0.15, 0.2) is 0 Å². The average molecular weight is 220 g/mol. The van der Waals surface area contributed by atoms with Crippen LogP contribution in [0.5, 0.6) is 0 Å². The van der Waals surface area contributed by atoms with E-state index < -0.39 is 0 Å². The highest BCUT2D eigenvalue weighted by atomic mass is 32.2. The van der Waals surface area contributed by atoms with E-state index in [4.69, 9.17) is 4.74 Å². The summed E-state index contributed by atoms with van der Waals surface area (Å²) in [6, 6.07) is 0. The van der Waals surface area contributed by atoms with Gasteiger partial charge >= 0.3 is 0 Å². The molecule has 14 heavy (non-hydrogen) atoms. The Morgan fingerprint density at radius 1 is 1.29 bits per heavy atom. The van der Waals surface area contributed by atoms with E-state index in [1.54, 1.807) is 11.8 Å². The minimum atomic E-state index is -0.296. The summed E-state index contributed by atoms with van der Waals surface area (Å²) in [6.45, 7) is 7.79. The van der Waals surface area contributed by atoms with Crippen molar-refractivity contribution in [3.05, 3.63) is 0 Å². The molecule has 0 aliphatic rings. The molecule has 3 heteroatoms. The number of ether oxygens (including phenoxy) is 1. The molecule has 0 bridgehead atoms. The second-order valence-electron chi connectivity index (χ2n) is 4.01. The van der Waals surface area contributed by atoms with E-state index in [9.17, 15) is 5.11 Å².